The Bertz CT molecular complexity index is 102. The van der Waals surface area contributed by atoms with E-state index in [2.05, 4.69) is 23.3 Å². The molecule has 0 saturated carbocycles. The number of rotatable bonds is 1. The lowest BCUT2D eigenvalue weighted by Crippen LogP contribution is -2.16. The average Bonchev–Trinajstić information content (AvgIpc) is 1.84. The molecule has 9 heavy (non-hydrogen) atoms. The minimum atomic E-state index is -0.546. The van der Waals surface area contributed by atoms with Crippen LogP contribution in [0.15, 0.2) is 0 Å². The number of hydrogen-bond acceptors (Lipinski definition) is 4. The molecule has 0 radical (unpaired) electrons. The summed E-state index contributed by atoms with van der Waals surface area (Å²) >= 11 is 13.2. The zero-order valence-corrected chi connectivity index (χ0v) is 9.42. The summed E-state index contributed by atoms with van der Waals surface area (Å²) in [5.74, 6) is 0. The molecule has 0 aliphatic carbocycles. The average molecular weight is 219 g/mol. The molecule has 0 spiro atoms. The fourth-order valence-electron chi connectivity index (χ4n) is 0.206. The van der Waals surface area contributed by atoms with Crippen molar-refractivity contribution in [3.8, 4) is 0 Å². The first kappa shape index (κ1) is 10.3. The predicted molar refractivity (Wildman–Crippen MR) is 60.8 cm³/mol. The number of thiocarbonyl (C=S) groups is 1. The summed E-state index contributed by atoms with van der Waals surface area (Å²) in [5, 5.41) is 0. The van der Waals surface area contributed by atoms with Crippen molar-refractivity contribution >= 4 is 58.6 Å². The third-order valence-corrected chi connectivity index (χ3v) is 8.09. The van der Waals surface area contributed by atoms with Gasteiger partial charge in [0.1, 0.15) is 4.32 Å². The van der Waals surface area contributed by atoms with E-state index in [0.29, 0.717) is 0 Å². The fourth-order valence-corrected chi connectivity index (χ4v) is 3.38. The third-order valence-electron chi connectivity index (χ3n) is 0.624. The van der Waals surface area contributed by atoms with Crippen LogP contribution in [0.2, 0.25) is 0 Å². The van der Waals surface area contributed by atoms with Gasteiger partial charge in [-0.15, -0.1) is 23.3 Å². The minimum Gasteiger partial charge on any atom is -0.364 e. The van der Waals surface area contributed by atoms with Gasteiger partial charge in [-0.2, -0.15) is 0 Å². The van der Waals surface area contributed by atoms with Gasteiger partial charge in [0, 0.05) is 14.1 Å². The zero-order chi connectivity index (χ0) is 7.44. The minimum absolute atomic E-state index is 0.546. The normalized spacial score (nSPS) is 14.9. The third kappa shape index (κ3) is 3.87. The van der Waals surface area contributed by atoms with Crippen LogP contribution in [0.3, 0.4) is 0 Å². The molecule has 1 unspecified atom stereocenters. The highest BCUT2D eigenvalue weighted by Crippen LogP contribution is 2.48. The van der Waals surface area contributed by atoms with E-state index < -0.39 is 8.96 Å². The van der Waals surface area contributed by atoms with Crippen LogP contribution in [0.25, 0.3) is 0 Å². The van der Waals surface area contributed by atoms with Gasteiger partial charge in [0.15, 0.2) is 0 Å². The van der Waals surface area contributed by atoms with Crippen LogP contribution in [0.4, 0.5) is 0 Å². The van der Waals surface area contributed by atoms with Gasteiger partial charge in [-0.05, 0) is 9.83 Å². The van der Waals surface area contributed by atoms with Crippen LogP contribution < -0.4 is 0 Å². The molecule has 0 rings (SSSR count). The second-order valence-corrected chi connectivity index (χ2v) is 8.42. The fraction of sp³-hybridized carbons (Fsp3) is 0.667. The van der Waals surface area contributed by atoms with Gasteiger partial charge in [0.05, 0.1) is 0 Å². The van der Waals surface area contributed by atoms with Crippen molar-refractivity contribution in [3.63, 3.8) is 0 Å². The Labute approximate surface area is 77.3 Å². The first-order valence-electron chi connectivity index (χ1n) is 2.11. The summed E-state index contributed by atoms with van der Waals surface area (Å²) in [6.45, 7) is 0. The van der Waals surface area contributed by atoms with Crippen molar-refractivity contribution in [3.05, 3.63) is 0 Å². The molecule has 1 atom stereocenters. The lowest BCUT2D eigenvalue weighted by atomic mass is 11.0. The number of hydrogen-bond donors (Lipinski definition) is 3. The predicted octanol–water partition coefficient (Wildman–Crippen LogP) is 2.17. The van der Waals surface area contributed by atoms with Gasteiger partial charge in [-0.1, -0.05) is 21.2 Å². The first-order valence-corrected chi connectivity index (χ1v) is 7.49. The maximum Gasteiger partial charge on any atom is 0.134 e. The molecule has 0 N–H and O–H groups in total. The number of nitrogens with zero attached hydrogens (tertiary/aromatic N) is 1. The maximum absolute atomic E-state index is 5.01. The molecule has 0 fully saturated rings. The molecular formula is C3H9NS5. The standard InChI is InChI=1S/C3H9NS5/c1-4(2)3(5)9(7)8-6/h6-7,9H,1-2H3. The van der Waals surface area contributed by atoms with Crippen molar-refractivity contribution < 1.29 is 0 Å². The molecule has 0 saturated heterocycles. The van der Waals surface area contributed by atoms with Gasteiger partial charge in [0.25, 0.3) is 0 Å². The monoisotopic (exact) mass is 219 g/mol. The van der Waals surface area contributed by atoms with Crippen LogP contribution in [-0.2, 0) is 0 Å². The summed E-state index contributed by atoms with van der Waals surface area (Å²) in [6, 6.07) is 0. The summed E-state index contributed by atoms with van der Waals surface area (Å²) in [7, 11) is 4.68. The van der Waals surface area contributed by atoms with E-state index in [1.807, 2.05) is 19.0 Å². The summed E-state index contributed by atoms with van der Waals surface area (Å²) in [4.78, 5) is 1.89. The summed E-state index contributed by atoms with van der Waals surface area (Å²) < 4.78 is 0.869. The molecule has 0 heterocycles. The molecule has 6 heteroatoms. The van der Waals surface area contributed by atoms with E-state index in [1.165, 1.54) is 9.83 Å². The van der Waals surface area contributed by atoms with E-state index in [1.54, 1.807) is 0 Å². The Morgan fingerprint density at radius 2 is 2.11 bits per heavy atom. The largest absolute Gasteiger partial charge is 0.364 e. The molecule has 56 valence electrons. The van der Waals surface area contributed by atoms with Gasteiger partial charge in [-0.25, -0.2) is 0 Å². The maximum atomic E-state index is 5.01. The lowest BCUT2D eigenvalue weighted by Gasteiger charge is -2.19. The quantitative estimate of drug-likeness (QED) is 0.353. The highest BCUT2D eigenvalue weighted by atomic mass is 33.7. The molecule has 0 aromatic carbocycles. The van der Waals surface area contributed by atoms with Gasteiger partial charge in [-0.3, -0.25) is 0 Å². The van der Waals surface area contributed by atoms with Crippen molar-refractivity contribution in [2.24, 2.45) is 0 Å². The molecule has 0 bridgehead atoms. The SMILES string of the molecule is CN(C)C(=S)[SH](S)SS. The summed E-state index contributed by atoms with van der Waals surface area (Å²) in [5.41, 5.74) is 0. The van der Waals surface area contributed by atoms with E-state index in [4.69, 9.17) is 12.2 Å². The number of thiol groups is 3. The smallest absolute Gasteiger partial charge is 0.134 e. The molecule has 0 aliphatic heterocycles. The zero-order valence-electron chi connectivity index (χ0n) is 5.11. The molecular weight excluding hydrogens is 210 g/mol. The Kier molecular flexibility index (Phi) is 5.73. The van der Waals surface area contributed by atoms with Crippen molar-refractivity contribution in [1.82, 2.24) is 4.90 Å². The van der Waals surface area contributed by atoms with E-state index in [9.17, 15) is 0 Å². The Hall–Kier alpha value is 1.29. The van der Waals surface area contributed by atoms with Crippen molar-refractivity contribution in [2.45, 2.75) is 0 Å². The highest BCUT2D eigenvalue weighted by molar-refractivity contribution is 9.31. The first-order chi connectivity index (χ1) is 4.09. The summed E-state index contributed by atoms with van der Waals surface area (Å²) in [6.07, 6.45) is 0. The van der Waals surface area contributed by atoms with Crippen LogP contribution in [0.5, 0.6) is 0 Å². The van der Waals surface area contributed by atoms with Crippen molar-refractivity contribution in [1.29, 1.82) is 0 Å². The van der Waals surface area contributed by atoms with Crippen LogP contribution >= 0.6 is 54.3 Å². The van der Waals surface area contributed by atoms with Crippen LogP contribution in [0, 0.1) is 0 Å². The Balaban J connectivity index is 3.73. The van der Waals surface area contributed by atoms with Crippen LogP contribution in [-0.4, -0.2) is 23.3 Å². The van der Waals surface area contributed by atoms with Gasteiger partial charge < -0.3 is 4.90 Å². The molecule has 0 aromatic rings. The topological polar surface area (TPSA) is 3.24 Å². The highest BCUT2D eigenvalue weighted by Gasteiger charge is 2.04. The van der Waals surface area contributed by atoms with E-state index in [0.717, 1.165) is 4.32 Å². The Morgan fingerprint density at radius 3 is 2.22 bits per heavy atom. The van der Waals surface area contributed by atoms with Gasteiger partial charge in [0.2, 0.25) is 0 Å². The molecule has 0 aliphatic rings. The van der Waals surface area contributed by atoms with E-state index >= 15 is 0 Å². The Morgan fingerprint density at radius 1 is 1.67 bits per heavy atom. The van der Waals surface area contributed by atoms with Gasteiger partial charge >= 0.3 is 0 Å². The lowest BCUT2D eigenvalue weighted by molar-refractivity contribution is 0.648. The second-order valence-electron chi connectivity index (χ2n) is 1.53. The second kappa shape index (κ2) is 5.01. The van der Waals surface area contributed by atoms with Crippen LogP contribution in [0.1, 0.15) is 0 Å². The van der Waals surface area contributed by atoms with Crippen molar-refractivity contribution in [2.75, 3.05) is 14.1 Å². The molecule has 0 amide bonds. The molecule has 0 aromatic heterocycles. The van der Waals surface area contributed by atoms with E-state index in [-0.39, 0.29) is 0 Å². The molecule has 1 nitrogen and oxygen atoms in total.